The van der Waals surface area contributed by atoms with Gasteiger partial charge in [-0.2, -0.15) is 13.2 Å². The number of aryl methyl sites for hydroxylation is 1. The van der Waals surface area contributed by atoms with Crippen LogP contribution in [0.3, 0.4) is 0 Å². The van der Waals surface area contributed by atoms with Crippen molar-refractivity contribution in [2.45, 2.75) is 13.1 Å². The summed E-state index contributed by atoms with van der Waals surface area (Å²) in [6, 6.07) is 10.9. The molecule has 0 spiro atoms. The Hall–Kier alpha value is -3.04. The molecular formula is C21H13F3N2O2S2. The van der Waals surface area contributed by atoms with Crippen molar-refractivity contribution in [3.8, 4) is 0 Å². The van der Waals surface area contributed by atoms with Crippen molar-refractivity contribution in [3.05, 3.63) is 80.0 Å². The summed E-state index contributed by atoms with van der Waals surface area (Å²) in [6.07, 6.45) is -4.84. The number of alkyl halides is 3. The second-order valence-electron chi connectivity index (χ2n) is 6.58. The van der Waals surface area contributed by atoms with Crippen molar-refractivity contribution in [2.75, 3.05) is 5.73 Å². The molecule has 4 aromatic rings. The first kappa shape index (κ1) is 20.2. The first-order chi connectivity index (χ1) is 14.2. The molecule has 1 aromatic carbocycles. The van der Waals surface area contributed by atoms with Gasteiger partial charge in [-0.05, 0) is 24.4 Å². The van der Waals surface area contributed by atoms with Crippen LogP contribution in [0.4, 0.5) is 18.9 Å². The summed E-state index contributed by atoms with van der Waals surface area (Å²) in [4.78, 5) is 29.4. The first-order valence-electron chi connectivity index (χ1n) is 8.66. The van der Waals surface area contributed by atoms with Gasteiger partial charge in [0.15, 0.2) is 5.69 Å². The summed E-state index contributed by atoms with van der Waals surface area (Å²) in [5.41, 5.74) is 5.58. The second-order valence-corrected chi connectivity index (χ2v) is 8.53. The molecular weight excluding hydrogens is 433 g/mol. The Labute approximate surface area is 176 Å². The van der Waals surface area contributed by atoms with Crippen molar-refractivity contribution in [1.82, 2.24) is 4.98 Å². The molecule has 4 nitrogen and oxygen atoms in total. The van der Waals surface area contributed by atoms with Crippen LogP contribution in [0.25, 0.3) is 10.2 Å². The van der Waals surface area contributed by atoms with Crippen LogP contribution < -0.4 is 5.73 Å². The molecule has 0 aliphatic rings. The third-order valence-electron chi connectivity index (χ3n) is 4.50. The summed E-state index contributed by atoms with van der Waals surface area (Å²) in [5, 5.41) is 1.76. The van der Waals surface area contributed by atoms with Crippen molar-refractivity contribution >= 4 is 50.1 Å². The highest BCUT2D eigenvalue weighted by Gasteiger charge is 2.38. The van der Waals surface area contributed by atoms with E-state index >= 15 is 0 Å². The normalized spacial score (nSPS) is 11.7. The number of carbonyl (C=O) groups is 2. The largest absolute Gasteiger partial charge is 0.434 e. The van der Waals surface area contributed by atoms with E-state index in [2.05, 4.69) is 4.98 Å². The van der Waals surface area contributed by atoms with Gasteiger partial charge < -0.3 is 5.73 Å². The molecule has 0 aliphatic heterocycles. The smallest absolute Gasteiger partial charge is 0.397 e. The lowest BCUT2D eigenvalue weighted by Gasteiger charge is -2.11. The number of halogens is 3. The number of carbonyl (C=O) groups excluding carboxylic acids is 2. The summed E-state index contributed by atoms with van der Waals surface area (Å²) in [6.45, 7) is 1.87. The van der Waals surface area contributed by atoms with E-state index < -0.39 is 29.0 Å². The topological polar surface area (TPSA) is 73.0 Å². The van der Waals surface area contributed by atoms with Crippen molar-refractivity contribution in [2.24, 2.45) is 0 Å². The Kier molecular flexibility index (Phi) is 4.95. The number of aromatic nitrogens is 1. The molecule has 9 heteroatoms. The molecule has 0 fully saturated rings. The van der Waals surface area contributed by atoms with Gasteiger partial charge in [-0.25, -0.2) is 4.98 Å². The molecule has 2 N–H and O–H groups in total. The van der Waals surface area contributed by atoms with Crippen LogP contribution in [0.1, 0.15) is 41.7 Å². The van der Waals surface area contributed by atoms with Crippen molar-refractivity contribution in [1.29, 1.82) is 0 Å². The average molecular weight is 446 g/mol. The minimum atomic E-state index is -4.84. The number of pyridine rings is 1. The van der Waals surface area contributed by atoms with Gasteiger partial charge in [0.05, 0.1) is 16.1 Å². The van der Waals surface area contributed by atoms with Crippen LogP contribution in [-0.2, 0) is 6.18 Å². The van der Waals surface area contributed by atoms with Crippen LogP contribution in [0.15, 0.2) is 47.8 Å². The van der Waals surface area contributed by atoms with Gasteiger partial charge in [0.25, 0.3) is 0 Å². The van der Waals surface area contributed by atoms with Crippen LogP contribution in [-0.4, -0.2) is 16.6 Å². The molecule has 30 heavy (non-hydrogen) atoms. The highest BCUT2D eigenvalue weighted by molar-refractivity contribution is 7.21. The maximum absolute atomic E-state index is 13.6. The van der Waals surface area contributed by atoms with E-state index in [0.29, 0.717) is 5.56 Å². The van der Waals surface area contributed by atoms with E-state index in [4.69, 9.17) is 5.73 Å². The molecule has 0 radical (unpaired) electrons. The molecule has 3 aromatic heterocycles. The Morgan fingerprint density at radius 1 is 1.07 bits per heavy atom. The maximum atomic E-state index is 13.6. The number of thiophene rings is 2. The zero-order valence-corrected chi connectivity index (χ0v) is 17.0. The van der Waals surface area contributed by atoms with Gasteiger partial charge in [0, 0.05) is 10.9 Å². The van der Waals surface area contributed by atoms with Crippen LogP contribution in [0.5, 0.6) is 0 Å². The minimum absolute atomic E-state index is 0.0158. The molecule has 152 valence electrons. The fourth-order valence-electron chi connectivity index (χ4n) is 2.98. The predicted molar refractivity (Wildman–Crippen MR) is 111 cm³/mol. The number of hydrogen-bond donors (Lipinski definition) is 1. The van der Waals surface area contributed by atoms with E-state index in [1.165, 1.54) is 6.07 Å². The predicted octanol–water partition coefficient (Wildman–Crippen LogP) is 5.73. The number of rotatable bonds is 4. The standard InChI is InChI=1S/C21H13F3N2O2S2/c1-10-4-6-11(7-5-10)16(27)18-15(25)12-9-13(17(28)14-3-2-8-29-14)19(21(22,23)24)26-20(12)30-18/h2-9H,25H2,1H3. The Morgan fingerprint density at radius 2 is 1.77 bits per heavy atom. The highest BCUT2D eigenvalue weighted by Crippen LogP contribution is 2.39. The third-order valence-corrected chi connectivity index (χ3v) is 6.48. The fourth-order valence-corrected chi connectivity index (χ4v) is 4.69. The Bertz CT molecular complexity index is 1270. The Balaban J connectivity index is 1.90. The van der Waals surface area contributed by atoms with Gasteiger partial charge in [0.2, 0.25) is 11.6 Å². The summed E-state index contributed by atoms with van der Waals surface area (Å²) >= 11 is 1.82. The fraction of sp³-hybridized carbons (Fsp3) is 0.0952. The minimum Gasteiger partial charge on any atom is -0.397 e. The monoisotopic (exact) mass is 446 g/mol. The van der Waals surface area contributed by atoms with Gasteiger partial charge >= 0.3 is 6.18 Å². The summed E-state index contributed by atoms with van der Waals surface area (Å²) in [5.74, 6) is -1.20. The lowest BCUT2D eigenvalue weighted by atomic mass is 10.0. The van der Waals surface area contributed by atoms with Crippen molar-refractivity contribution < 1.29 is 22.8 Å². The summed E-state index contributed by atoms with van der Waals surface area (Å²) < 4.78 is 40.9. The van der Waals surface area contributed by atoms with Crippen LogP contribution in [0, 0.1) is 6.92 Å². The lowest BCUT2D eigenvalue weighted by Crippen LogP contribution is -2.15. The number of anilines is 1. The van der Waals surface area contributed by atoms with Gasteiger partial charge in [-0.1, -0.05) is 35.9 Å². The van der Waals surface area contributed by atoms with E-state index in [1.54, 1.807) is 35.7 Å². The molecule has 0 unspecified atom stereocenters. The molecule has 4 rings (SSSR count). The zero-order valence-electron chi connectivity index (χ0n) is 15.4. The lowest BCUT2D eigenvalue weighted by molar-refractivity contribution is -0.141. The first-order valence-corrected chi connectivity index (χ1v) is 10.4. The van der Waals surface area contributed by atoms with Gasteiger partial charge in [-0.15, -0.1) is 22.7 Å². The number of nitrogens with zero attached hydrogens (tertiary/aromatic N) is 1. The third kappa shape index (κ3) is 3.50. The van der Waals surface area contributed by atoms with E-state index in [-0.39, 0.29) is 25.7 Å². The molecule has 0 saturated carbocycles. The number of nitrogen functional groups attached to an aromatic ring is 1. The average Bonchev–Trinajstić information content (AvgIpc) is 3.34. The molecule has 3 heterocycles. The molecule has 0 atom stereocenters. The number of nitrogens with two attached hydrogens (primary N) is 1. The summed E-state index contributed by atoms with van der Waals surface area (Å²) in [7, 11) is 0. The van der Waals surface area contributed by atoms with Crippen molar-refractivity contribution in [3.63, 3.8) is 0 Å². The van der Waals surface area contributed by atoms with Crippen LogP contribution >= 0.6 is 22.7 Å². The molecule has 0 saturated heterocycles. The number of benzene rings is 1. The van der Waals surface area contributed by atoms with E-state index in [0.717, 1.165) is 34.3 Å². The van der Waals surface area contributed by atoms with E-state index in [1.807, 2.05) is 6.92 Å². The number of fused-ring (bicyclic) bond motifs is 1. The van der Waals surface area contributed by atoms with Crippen LogP contribution in [0.2, 0.25) is 0 Å². The molecule has 0 aliphatic carbocycles. The Morgan fingerprint density at radius 3 is 2.37 bits per heavy atom. The highest BCUT2D eigenvalue weighted by atomic mass is 32.1. The van der Waals surface area contributed by atoms with Gasteiger partial charge in [-0.3, -0.25) is 9.59 Å². The maximum Gasteiger partial charge on any atom is 0.434 e. The molecule has 0 amide bonds. The quantitative estimate of drug-likeness (QED) is 0.407. The zero-order chi connectivity index (χ0) is 21.6. The number of ketones is 2. The second kappa shape index (κ2) is 7.33. The molecule has 0 bridgehead atoms. The SMILES string of the molecule is Cc1ccc(C(=O)c2sc3nc(C(F)(F)F)c(C(=O)c4cccs4)cc3c2N)cc1. The van der Waals surface area contributed by atoms with E-state index in [9.17, 15) is 22.8 Å². The van der Waals surface area contributed by atoms with Gasteiger partial charge in [0.1, 0.15) is 9.71 Å². The number of hydrogen-bond acceptors (Lipinski definition) is 6.